The van der Waals surface area contributed by atoms with Crippen molar-refractivity contribution in [2.24, 2.45) is 0 Å². The van der Waals surface area contributed by atoms with Crippen LogP contribution >= 0.6 is 23.2 Å². The van der Waals surface area contributed by atoms with E-state index in [1.54, 1.807) is 0 Å². The first-order chi connectivity index (χ1) is 9.69. The zero-order valence-electron chi connectivity index (χ0n) is 10.3. The van der Waals surface area contributed by atoms with Crippen LogP contribution in [0.2, 0.25) is 10.0 Å². The molecule has 0 bridgehead atoms. The van der Waals surface area contributed by atoms with Crippen LogP contribution in [0, 0.1) is 0 Å². The predicted octanol–water partition coefficient (Wildman–Crippen LogP) is 4.01. The number of alkyl halides is 3. The SMILES string of the molecule is O=C(O)C=Cc1cc(Cl)cc(Cl)c1OCCOC(F)(F)F. The lowest BCUT2D eigenvalue weighted by Gasteiger charge is -2.12. The van der Waals surface area contributed by atoms with E-state index in [1.807, 2.05) is 0 Å². The normalized spacial score (nSPS) is 11.9. The molecule has 116 valence electrons. The Labute approximate surface area is 127 Å². The van der Waals surface area contributed by atoms with E-state index in [9.17, 15) is 18.0 Å². The van der Waals surface area contributed by atoms with Crippen molar-refractivity contribution in [1.82, 2.24) is 0 Å². The molecule has 0 fully saturated rings. The van der Waals surface area contributed by atoms with Gasteiger partial charge in [0, 0.05) is 16.7 Å². The standard InChI is InChI=1S/C12H9Cl2F3O4/c13-8-5-7(1-2-10(18)19)11(9(14)6-8)20-3-4-21-12(15,16)17/h1-2,5-6H,3-4H2,(H,18,19). The fraction of sp³-hybridized carbons (Fsp3) is 0.250. The largest absolute Gasteiger partial charge is 0.522 e. The third-order valence-electron chi connectivity index (χ3n) is 2.04. The average Bonchev–Trinajstić information content (AvgIpc) is 2.32. The van der Waals surface area contributed by atoms with Gasteiger partial charge in [-0.1, -0.05) is 23.2 Å². The summed E-state index contributed by atoms with van der Waals surface area (Å²) in [5.41, 5.74) is 0.224. The van der Waals surface area contributed by atoms with E-state index in [0.717, 1.165) is 6.08 Å². The lowest BCUT2D eigenvalue weighted by Crippen LogP contribution is -2.18. The van der Waals surface area contributed by atoms with Gasteiger partial charge in [0.25, 0.3) is 0 Å². The molecule has 0 atom stereocenters. The Hall–Kier alpha value is -1.44. The van der Waals surface area contributed by atoms with Gasteiger partial charge < -0.3 is 9.84 Å². The fourth-order valence-electron chi connectivity index (χ4n) is 1.32. The molecule has 0 spiro atoms. The molecule has 1 N–H and O–H groups in total. The highest BCUT2D eigenvalue weighted by atomic mass is 35.5. The number of aliphatic carboxylic acids is 1. The molecule has 9 heteroatoms. The smallest absolute Gasteiger partial charge is 0.489 e. The number of benzene rings is 1. The molecule has 0 unspecified atom stereocenters. The first-order valence-corrected chi connectivity index (χ1v) is 6.18. The quantitative estimate of drug-likeness (QED) is 0.625. The van der Waals surface area contributed by atoms with Gasteiger partial charge in [0.05, 0.1) is 11.6 Å². The number of halogens is 5. The molecule has 0 aliphatic carbocycles. The Kier molecular flexibility index (Phi) is 6.32. The minimum atomic E-state index is -4.75. The van der Waals surface area contributed by atoms with E-state index >= 15 is 0 Å². The minimum Gasteiger partial charge on any atom is -0.489 e. The molecule has 0 heterocycles. The van der Waals surface area contributed by atoms with Crippen LogP contribution in [0.1, 0.15) is 5.56 Å². The molecule has 1 rings (SSSR count). The molecular weight excluding hydrogens is 336 g/mol. The molecule has 21 heavy (non-hydrogen) atoms. The van der Waals surface area contributed by atoms with Crippen molar-refractivity contribution in [3.63, 3.8) is 0 Å². The summed E-state index contributed by atoms with van der Waals surface area (Å²) < 4.78 is 44.1. The third kappa shape index (κ3) is 6.70. The summed E-state index contributed by atoms with van der Waals surface area (Å²) in [6.45, 7) is -1.15. The second-order valence-electron chi connectivity index (χ2n) is 3.62. The molecule has 0 amide bonds. The highest BCUT2D eigenvalue weighted by molar-refractivity contribution is 6.35. The van der Waals surface area contributed by atoms with Crippen molar-refractivity contribution in [1.29, 1.82) is 0 Å². The van der Waals surface area contributed by atoms with Gasteiger partial charge in [-0.15, -0.1) is 13.2 Å². The van der Waals surface area contributed by atoms with Gasteiger partial charge in [-0.3, -0.25) is 4.74 Å². The zero-order valence-corrected chi connectivity index (χ0v) is 11.8. The summed E-state index contributed by atoms with van der Waals surface area (Å²) in [5, 5.41) is 8.84. The van der Waals surface area contributed by atoms with Crippen molar-refractivity contribution in [2.75, 3.05) is 13.2 Å². The Morgan fingerprint density at radius 1 is 1.29 bits per heavy atom. The van der Waals surface area contributed by atoms with Crippen LogP contribution in [0.3, 0.4) is 0 Å². The van der Waals surface area contributed by atoms with Gasteiger partial charge in [0.2, 0.25) is 0 Å². The maximum Gasteiger partial charge on any atom is 0.522 e. The van der Waals surface area contributed by atoms with Crippen LogP contribution in [-0.4, -0.2) is 30.7 Å². The Bertz CT molecular complexity index is 544. The van der Waals surface area contributed by atoms with Crippen molar-refractivity contribution < 1.29 is 32.5 Å². The maximum atomic E-state index is 11.8. The Balaban J connectivity index is 2.82. The van der Waals surface area contributed by atoms with Crippen LogP contribution in [0.4, 0.5) is 13.2 Å². The highest BCUT2D eigenvalue weighted by Gasteiger charge is 2.28. The predicted molar refractivity (Wildman–Crippen MR) is 70.6 cm³/mol. The van der Waals surface area contributed by atoms with Crippen LogP contribution < -0.4 is 4.74 Å². The molecule has 0 radical (unpaired) electrons. The summed E-state index contributed by atoms with van der Waals surface area (Å²) in [4.78, 5) is 10.5. The second-order valence-corrected chi connectivity index (χ2v) is 4.46. The lowest BCUT2D eigenvalue weighted by atomic mass is 10.2. The maximum absolute atomic E-state index is 11.8. The van der Waals surface area contributed by atoms with Gasteiger partial charge in [0.1, 0.15) is 12.4 Å². The molecule has 1 aromatic rings. The van der Waals surface area contributed by atoms with E-state index in [1.165, 1.54) is 18.2 Å². The summed E-state index contributed by atoms with van der Waals surface area (Å²) in [5.74, 6) is -1.19. The van der Waals surface area contributed by atoms with Crippen LogP contribution in [0.25, 0.3) is 6.08 Å². The molecule has 0 aliphatic heterocycles. The monoisotopic (exact) mass is 344 g/mol. The van der Waals surface area contributed by atoms with E-state index in [-0.39, 0.29) is 21.4 Å². The fourth-order valence-corrected chi connectivity index (χ4v) is 1.88. The second kappa shape index (κ2) is 7.53. The molecule has 0 saturated carbocycles. The summed E-state index contributed by atoms with van der Waals surface area (Å²) in [7, 11) is 0. The van der Waals surface area contributed by atoms with Gasteiger partial charge in [-0.25, -0.2) is 4.79 Å². The number of carboxylic acid groups (broad SMARTS) is 1. The van der Waals surface area contributed by atoms with Crippen LogP contribution in [0.15, 0.2) is 18.2 Å². The zero-order chi connectivity index (χ0) is 16.0. The van der Waals surface area contributed by atoms with Crippen molar-refractivity contribution in [3.05, 3.63) is 33.8 Å². The van der Waals surface area contributed by atoms with Gasteiger partial charge in [-0.05, 0) is 18.2 Å². The van der Waals surface area contributed by atoms with Crippen molar-refractivity contribution in [3.8, 4) is 5.75 Å². The average molecular weight is 345 g/mol. The van der Waals surface area contributed by atoms with E-state index in [2.05, 4.69) is 4.74 Å². The molecule has 1 aromatic carbocycles. The van der Waals surface area contributed by atoms with Crippen molar-refractivity contribution >= 4 is 35.2 Å². The number of carboxylic acids is 1. The Morgan fingerprint density at radius 2 is 1.95 bits per heavy atom. The molecule has 4 nitrogen and oxygen atoms in total. The first kappa shape index (κ1) is 17.6. The van der Waals surface area contributed by atoms with Crippen molar-refractivity contribution in [2.45, 2.75) is 6.36 Å². The number of carbonyl (C=O) groups is 1. The summed E-state index contributed by atoms with van der Waals surface area (Å²) in [6.07, 6.45) is -2.76. The Morgan fingerprint density at radius 3 is 2.52 bits per heavy atom. The highest BCUT2D eigenvalue weighted by Crippen LogP contribution is 2.33. The molecule has 0 aromatic heterocycles. The van der Waals surface area contributed by atoms with E-state index in [4.69, 9.17) is 33.0 Å². The molecule has 0 saturated heterocycles. The number of rotatable bonds is 6. The lowest BCUT2D eigenvalue weighted by molar-refractivity contribution is -0.325. The van der Waals surface area contributed by atoms with Gasteiger partial charge in [-0.2, -0.15) is 0 Å². The van der Waals surface area contributed by atoms with E-state index in [0.29, 0.717) is 0 Å². The topological polar surface area (TPSA) is 55.8 Å². The molecule has 0 aliphatic rings. The number of hydrogen-bond donors (Lipinski definition) is 1. The van der Waals surface area contributed by atoms with Gasteiger partial charge >= 0.3 is 12.3 Å². The number of ether oxygens (including phenoxy) is 2. The summed E-state index contributed by atoms with van der Waals surface area (Å²) >= 11 is 11.6. The van der Waals surface area contributed by atoms with Crippen LogP contribution in [-0.2, 0) is 9.53 Å². The molecular formula is C12H9Cl2F3O4. The first-order valence-electron chi connectivity index (χ1n) is 5.42. The summed E-state index contributed by atoms with van der Waals surface area (Å²) in [6, 6.07) is 2.69. The van der Waals surface area contributed by atoms with Crippen LogP contribution in [0.5, 0.6) is 5.75 Å². The third-order valence-corrected chi connectivity index (χ3v) is 2.54. The number of hydrogen-bond acceptors (Lipinski definition) is 3. The minimum absolute atomic E-state index is 0.0179. The van der Waals surface area contributed by atoms with Gasteiger partial charge in [0.15, 0.2) is 0 Å². The van der Waals surface area contributed by atoms with E-state index < -0.39 is 25.5 Å².